The van der Waals surface area contributed by atoms with Crippen LogP contribution in [0.2, 0.25) is 5.02 Å². The normalized spacial score (nSPS) is 18.0. The molecule has 0 spiro atoms. The molecule has 2 N–H and O–H groups in total. The van der Waals surface area contributed by atoms with E-state index in [0.29, 0.717) is 35.8 Å². The third kappa shape index (κ3) is 3.62. The minimum Gasteiger partial charge on any atom is -0.495 e. The lowest BCUT2D eigenvalue weighted by Gasteiger charge is -2.30. The molecule has 1 aliphatic heterocycles. The number of rotatable bonds is 3. The van der Waals surface area contributed by atoms with E-state index in [9.17, 15) is 9.59 Å². The number of carbonyl (C=O) groups excluding carboxylic acids is 1. The van der Waals surface area contributed by atoms with Crippen molar-refractivity contribution in [1.29, 1.82) is 0 Å². The number of methoxy groups -OCH3 is 1. The zero-order valence-corrected chi connectivity index (χ0v) is 13.3. The van der Waals surface area contributed by atoms with Gasteiger partial charge in [-0.25, -0.2) is 4.79 Å². The summed E-state index contributed by atoms with van der Waals surface area (Å²) in [7, 11) is 1.50. The molecule has 1 aromatic carbocycles. The van der Waals surface area contributed by atoms with Crippen molar-refractivity contribution < 1.29 is 19.4 Å². The van der Waals surface area contributed by atoms with Crippen LogP contribution >= 0.6 is 11.6 Å². The van der Waals surface area contributed by atoms with Crippen molar-refractivity contribution in [2.45, 2.75) is 19.8 Å². The number of urea groups is 1. The van der Waals surface area contributed by atoms with Crippen molar-refractivity contribution in [3.05, 3.63) is 22.7 Å². The van der Waals surface area contributed by atoms with Gasteiger partial charge in [-0.2, -0.15) is 0 Å². The number of carboxylic acid groups (broad SMARTS) is 1. The lowest BCUT2D eigenvalue weighted by molar-refractivity contribution is -0.143. The van der Waals surface area contributed by atoms with Gasteiger partial charge < -0.3 is 20.1 Å². The number of hydrogen-bond donors (Lipinski definition) is 2. The van der Waals surface area contributed by atoms with E-state index in [-0.39, 0.29) is 12.6 Å². The van der Waals surface area contributed by atoms with E-state index in [2.05, 4.69) is 5.32 Å². The van der Waals surface area contributed by atoms with Crippen LogP contribution in [0.25, 0.3) is 0 Å². The summed E-state index contributed by atoms with van der Waals surface area (Å²) < 4.78 is 5.22. The van der Waals surface area contributed by atoms with Gasteiger partial charge in [0.1, 0.15) is 5.75 Å². The number of nitrogens with zero attached hydrogens (tertiary/aromatic N) is 1. The molecule has 1 atom stereocenters. The molecular formula is C15H19ClN2O4. The molecule has 1 aliphatic rings. The highest BCUT2D eigenvalue weighted by atomic mass is 35.5. The van der Waals surface area contributed by atoms with Gasteiger partial charge in [-0.15, -0.1) is 0 Å². The van der Waals surface area contributed by atoms with Crippen molar-refractivity contribution in [2.24, 2.45) is 5.92 Å². The van der Waals surface area contributed by atoms with Crippen LogP contribution < -0.4 is 10.1 Å². The van der Waals surface area contributed by atoms with Gasteiger partial charge in [0, 0.05) is 24.2 Å². The Morgan fingerprint density at radius 3 is 2.82 bits per heavy atom. The number of piperidine rings is 1. The second-order valence-electron chi connectivity index (χ2n) is 5.36. The quantitative estimate of drug-likeness (QED) is 0.895. The predicted molar refractivity (Wildman–Crippen MR) is 83.7 cm³/mol. The van der Waals surface area contributed by atoms with Gasteiger partial charge in [-0.05, 0) is 31.4 Å². The van der Waals surface area contributed by atoms with Crippen molar-refractivity contribution in [1.82, 2.24) is 4.90 Å². The van der Waals surface area contributed by atoms with E-state index in [1.54, 1.807) is 12.1 Å². The number of likely N-dealkylation sites (tertiary alicyclic amines) is 1. The number of aliphatic carboxylic acids is 1. The summed E-state index contributed by atoms with van der Waals surface area (Å²) in [6.07, 6.45) is 1.28. The first-order valence-corrected chi connectivity index (χ1v) is 7.43. The molecule has 1 unspecified atom stereocenters. The largest absolute Gasteiger partial charge is 0.495 e. The Morgan fingerprint density at radius 1 is 1.45 bits per heavy atom. The van der Waals surface area contributed by atoms with Gasteiger partial charge in [0.15, 0.2) is 0 Å². The molecule has 6 nitrogen and oxygen atoms in total. The molecule has 0 bridgehead atoms. The Bertz CT molecular complexity index is 591. The number of carbonyl (C=O) groups is 2. The molecule has 0 aliphatic carbocycles. The van der Waals surface area contributed by atoms with E-state index in [1.165, 1.54) is 12.0 Å². The standard InChI is InChI=1S/C15H19ClN2O4/c1-9-6-12(13(22-2)7-11(9)16)17-15(21)18-5-3-4-10(8-18)14(19)20/h6-7,10H,3-5,8H2,1-2H3,(H,17,21)(H,19,20). The highest BCUT2D eigenvalue weighted by Crippen LogP contribution is 2.31. The molecule has 0 saturated carbocycles. The van der Waals surface area contributed by atoms with Crippen LogP contribution in [0.1, 0.15) is 18.4 Å². The molecular weight excluding hydrogens is 308 g/mol. The lowest BCUT2D eigenvalue weighted by atomic mass is 9.99. The van der Waals surface area contributed by atoms with Gasteiger partial charge in [0.05, 0.1) is 18.7 Å². The smallest absolute Gasteiger partial charge is 0.321 e. The van der Waals surface area contributed by atoms with Gasteiger partial charge in [0.2, 0.25) is 0 Å². The highest BCUT2D eigenvalue weighted by molar-refractivity contribution is 6.31. The predicted octanol–water partition coefficient (Wildman–Crippen LogP) is 2.99. The molecule has 1 heterocycles. The molecule has 22 heavy (non-hydrogen) atoms. The zero-order valence-electron chi connectivity index (χ0n) is 12.6. The average Bonchev–Trinajstić information content (AvgIpc) is 2.50. The average molecular weight is 327 g/mol. The van der Waals surface area contributed by atoms with Crippen molar-refractivity contribution >= 4 is 29.3 Å². The summed E-state index contributed by atoms with van der Waals surface area (Å²) in [5, 5.41) is 12.4. The van der Waals surface area contributed by atoms with Gasteiger partial charge in [-0.3, -0.25) is 4.79 Å². The number of carboxylic acids is 1. The Balaban J connectivity index is 2.11. The fraction of sp³-hybridized carbons (Fsp3) is 0.467. The summed E-state index contributed by atoms with van der Waals surface area (Å²) >= 11 is 6.04. The lowest BCUT2D eigenvalue weighted by Crippen LogP contribution is -2.44. The molecule has 2 amide bonds. The SMILES string of the molecule is COc1cc(Cl)c(C)cc1NC(=O)N1CCCC(C(=O)O)C1. The molecule has 1 fully saturated rings. The monoisotopic (exact) mass is 326 g/mol. The fourth-order valence-corrected chi connectivity index (χ4v) is 2.64. The van der Waals surface area contributed by atoms with E-state index >= 15 is 0 Å². The second kappa shape index (κ2) is 6.87. The van der Waals surface area contributed by atoms with Crippen LogP contribution in [-0.2, 0) is 4.79 Å². The maximum absolute atomic E-state index is 12.3. The van der Waals surface area contributed by atoms with Crippen LogP contribution in [0, 0.1) is 12.8 Å². The summed E-state index contributed by atoms with van der Waals surface area (Å²) in [5.74, 6) is -0.901. The van der Waals surface area contributed by atoms with Crippen molar-refractivity contribution in [3.8, 4) is 5.75 Å². The Kier molecular flexibility index (Phi) is 5.13. The van der Waals surface area contributed by atoms with E-state index in [1.807, 2.05) is 6.92 Å². The van der Waals surface area contributed by atoms with E-state index in [0.717, 1.165) is 5.56 Å². The number of nitrogens with one attached hydrogen (secondary N) is 1. The minimum absolute atomic E-state index is 0.218. The number of hydrogen-bond acceptors (Lipinski definition) is 3. The third-order valence-electron chi connectivity index (χ3n) is 3.78. The first-order valence-electron chi connectivity index (χ1n) is 7.05. The van der Waals surface area contributed by atoms with E-state index < -0.39 is 11.9 Å². The number of anilines is 1. The van der Waals surface area contributed by atoms with Crippen LogP contribution in [0.5, 0.6) is 5.75 Å². The van der Waals surface area contributed by atoms with Crippen LogP contribution in [0.4, 0.5) is 10.5 Å². The zero-order chi connectivity index (χ0) is 16.3. The molecule has 2 rings (SSSR count). The summed E-state index contributed by atoms with van der Waals surface area (Å²) in [4.78, 5) is 24.9. The number of halogens is 1. The first kappa shape index (κ1) is 16.4. The molecule has 7 heteroatoms. The topological polar surface area (TPSA) is 78.9 Å². The third-order valence-corrected chi connectivity index (χ3v) is 4.19. The minimum atomic E-state index is -0.864. The van der Waals surface area contributed by atoms with Crippen molar-refractivity contribution in [3.63, 3.8) is 0 Å². The Hall–Kier alpha value is -1.95. The highest BCUT2D eigenvalue weighted by Gasteiger charge is 2.28. The first-order chi connectivity index (χ1) is 10.4. The van der Waals surface area contributed by atoms with Crippen LogP contribution in [0.3, 0.4) is 0 Å². The van der Waals surface area contributed by atoms with E-state index in [4.69, 9.17) is 21.4 Å². The number of amides is 2. The Morgan fingerprint density at radius 2 is 2.18 bits per heavy atom. The fourth-order valence-electron chi connectivity index (χ4n) is 2.49. The molecule has 1 saturated heterocycles. The number of benzene rings is 1. The molecule has 1 aromatic rings. The molecule has 0 radical (unpaired) electrons. The molecule has 0 aromatic heterocycles. The van der Waals surface area contributed by atoms with Gasteiger partial charge >= 0.3 is 12.0 Å². The number of aryl methyl sites for hydroxylation is 1. The van der Waals surface area contributed by atoms with Crippen LogP contribution in [-0.4, -0.2) is 42.2 Å². The van der Waals surface area contributed by atoms with Gasteiger partial charge in [-0.1, -0.05) is 11.6 Å². The second-order valence-corrected chi connectivity index (χ2v) is 5.76. The maximum atomic E-state index is 12.3. The van der Waals surface area contributed by atoms with Gasteiger partial charge in [0.25, 0.3) is 0 Å². The summed E-state index contributed by atoms with van der Waals surface area (Å²) in [5.41, 5.74) is 1.34. The molecule has 120 valence electrons. The van der Waals surface area contributed by atoms with Crippen molar-refractivity contribution in [2.75, 3.05) is 25.5 Å². The summed E-state index contributed by atoms with van der Waals surface area (Å²) in [6, 6.07) is 3.05. The maximum Gasteiger partial charge on any atom is 0.321 e. The van der Waals surface area contributed by atoms with Crippen LogP contribution in [0.15, 0.2) is 12.1 Å². The summed E-state index contributed by atoms with van der Waals surface area (Å²) in [6.45, 7) is 2.60. The Labute approximate surface area is 134 Å². The number of ether oxygens (including phenoxy) is 1.